The van der Waals surface area contributed by atoms with Crippen molar-refractivity contribution < 1.29 is 4.52 Å². The largest absolute Gasteiger partial charge is 0.333 e. The Morgan fingerprint density at radius 1 is 1.26 bits per heavy atom. The molecule has 0 N–H and O–H groups in total. The number of hydrogen-bond acceptors (Lipinski definition) is 5. The summed E-state index contributed by atoms with van der Waals surface area (Å²) in [6.45, 7) is 0. The molecule has 2 heterocycles. The van der Waals surface area contributed by atoms with Gasteiger partial charge in [-0.1, -0.05) is 30.8 Å². The van der Waals surface area contributed by atoms with E-state index < -0.39 is 0 Å². The van der Waals surface area contributed by atoms with Crippen LogP contribution in [0.5, 0.6) is 0 Å². The Morgan fingerprint density at radius 2 is 2.05 bits per heavy atom. The van der Waals surface area contributed by atoms with Crippen LogP contribution in [0.25, 0.3) is 10.8 Å². The molecule has 0 bridgehead atoms. The summed E-state index contributed by atoms with van der Waals surface area (Å²) >= 11 is 1.47. The molecule has 1 saturated carbocycles. The second kappa shape index (κ2) is 5.54. The zero-order valence-electron chi connectivity index (χ0n) is 10.6. The van der Waals surface area contributed by atoms with E-state index in [1.807, 2.05) is 5.38 Å². The highest BCUT2D eigenvalue weighted by molar-refractivity contribution is 7.13. The summed E-state index contributed by atoms with van der Waals surface area (Å²) in [7, 11) is 0. The lowest BCUT2D eigenvalue weighted by molar-refractivity contribution is 0.410. The van der Waals surface area contributed by atoms with E-state index in [-0.39, 0.29) is 0 Å². The highest BCUT2D eigenvalue weighted by Gasteiger charge is 2.21. The van der Waals surface area contributed by atoms with Gasteiger partial charge in [0.1, 0.15) is 10.9 Å². The van der Waals surface area contributed by atoms with Crippen LogP contribution in [0.3, 0.4) is 0 Å². The zero-order valence-corrected chi connectivity index (χ0v) is 11.4. The molecular weight excluding hydrogens is 258 g/mol. The van der Waals surface area contributed by atoms with Crippen LogP contribution in [-0.4, -0.2) is 10.1 Å². The van der Waals surface area contributed by atoms with Crippen LogP contribution in [0, 0.1) is 11.3 Å². The molecule has 1 aliphatic rings. The average Bonchev–Trinajstić information content (AvgIpc) is 3.01. The summed E-state index contributed by atoms with van der Waals surface area (Å²) in [5, 5.41) is 15.0. The van der Waals surface area contributed by atoms with Gasteiger partial charge in [0, 0.05) is 5.92 Å². The van der Waals surface area contributed by atoms with Crippen molar-refractivity contribution in [1.82, 2.24) is 10.1 Å². The number of nitrogens with zero attached hydrogens (tertiary/aromatic N) is 3. The molecule has 2 aromatic heterocycles. The lowest BCUT2D eigenvalue weighted by atomic mass is 10.00. The molecule has 0 atom stereocenters. The van der Waals surface area contributed by atoms with Gasteiger partial charge < -0.3 is 4.52 Å². The van der Waals surface area contributed by atoms with Gasteiger partial charge in [0.15, 0.2) is 5.82 Å². The van der Waals surface area contributed by atoms with Gasteiger partial charge in [-0.05, 0) is 24.3 Å². The number of nitriles is 1. The van der Waals surface area contributed by atoms with E-state index in [1.54, 1.807) is 6.07 Å². The molecule has 98 valence electrons. The van der Waals surface area contributed by atoms with E-state index in [4.69, 9.17) is 9.78 Å². The van der Waals surface area contributed by atoms with E-state index in [2.05, 4.69) is 16.2 Å². The van der Waals surface area contributed by atoms with Gasteiger partial charge in [-0.3, -0.25) is 0 Å². The summed E-state index contributed by atoms with van der Waals surface area (Å²) in [6, 6.07) is 3.94. The Kier molecular flexibility index (Phi) is 3.60. The van der Waals surface area contributed by atoms with Crippen LogP contribution in [0.15, 0.2) is 16.0 Å². The van der Waals surface area contributed by atoms with Crippen molar-refractivity contribution in [3.05, 3.63) is 22.8 Å². The third-order valence-corrected chi connectivity index (χ3v) is 4.54. The van der Waals surface area contributed by atoms with Crippen LogP contribution in [0.1, 0.15) is 55.8 Å². The Hall–Kier alpha value is -1.67. The van der Waals surface area contributed by atoms with Gasteiger partial charge in [0.05, 0.1) is 5.56 Å². The maximum Gasteiger partial charge on any atom is 0.269 e. The third-order valence-electron chi connectivity index (χ3n) is 3.64. The molecule has 3 rings (SSSR count). The maximum atomic E-state index is 9.03. The summed E-state index contributed by atoms with van der Waals surface area (Å²) in [5.41, 5.74) is 0.612. The monoisotopic (exact) mass is 273 g/mol. The van der Waals surface area contributed by atoms with Crippen molar-refractivity contribution in [1.29, 1.82) is 5.26 Å². The van der Waals surface area contributed by atoms with E-state index in [0.717, 1.165) is 23.5 Å². The number of hydrogen-bond donors (Lipinski definition) is 0. The van der Waals surface area contributed by atoms with Gasteiger partial charge >= 0.3 is 0 Å². The van der Waals surface area contributed by atoms with E-state index in [0.29, 0.717) is 17.4 Å². The Morgan fingerprint density at radius 3 is 2.79 bits per heavy atom. The second-order valence-corrected chi connectivity index (χ2v) is 5.84. The Labute approximate surface area is 116 Å². The van der Waals surface area contributed by atoms with Gasteiger partial charge in [-0.2, -0.15) is 10.2 Å². The highest BCUT2D eigenvalue weighted by atomic mass is 32.1. The first kappa shape index (κ1) is 12.4. The van der Waals surface area contributed by atoms with Crippen molar-refractivity contribution in [3.8, 4) is 16.8 Å². The minimum Gasteiger partial charge on any atom is -0.333 e. The molecule has 0 aromatic carbocycles. The summed E-state index contributed by atoms with van der Waals surface area (Å²) in [4.78, 5) is 5.30. The summed E-state index contributed by atoms with van der Waals surface area (Å²) in [6.07, 6.45) is 7.41. The normalized spacial score (nSPS) is 17.0. The number of aromatic nitrogens is 2. The molecule has 0 radical (unpaired) electrons. The molecule has 0 amide bonds. The van der Waals surface area contributed by atoms with Crippen molar-refractivity contribution in [2.75, 3.05) is 0 Å². The highest BCUT2D eigenvalue weighted by Crippen LogP contribution is 2.33. The lowest BCUT2D eigenvalue weighted by Crippen LogP contribution is -1.99. The van der Waals surface area contributed by atoms with Crippen molar-refractivity contribution in [2.24, 2.45) is 0 Å². The SMILES string of the molecule is N#Cc1ccsc1-c1nc(C2CCCCCC2)no1. The van der Waals surface area contributed by atoms with Crippen LogP contribution in [0.4, 0.5) is 0 Å². The topological polar surface area (TPSA) is 62.7 Å². The van der Waals surface area contributed by atoms with Gasteiger partial charge in [0.2, 0.25) is 0 Å². The molecule has 0 unspecified atom stereocenters. The lowest BCUT2D eigenvalue weighted by Gasteiger charge is -2.07. The van der Waals surface area contributed by atoms with Crippen molar-refractivity contribution in [3.63, 3.8) is 0 Å². The molecular formula is C14H15N3OS. The zero-order chi connectivity index (χ0) is 13.1. The summed E-state index contributed by atoms with van der Waals surface area (Å²) in [5.74, 6) is 1.73. The van der Waals surface area contributed by atoms with Gasteiger partial charge in [-0.15, -0.1) is 11.3 Å². The third kappa shape index (κ3) is 2.54. The molecule has 1 aliphatic carbocycles. The van der Waals surface area contributed by atoms with Gasteiger partial charge in [-0.25, -0.2) is 0 Å². The maximum absolute atomic E-state index is 9.03. The summed E-state index contributed by atoms with van der Waals surface area (Å²) < 4.78 is 5.34. The minimum absolute atomic E-state index is 0.422. The molecule has 0 aliphatic heterocycles. The first-order valence-corrected chi connectivity index (χ1v) is 7.58. The predicted molar refractivity (Wildman–Crippen MR) is 72.8 cm³/mol. The molecule has 2 aromatic rings. The van der Waals surface area contributed by atoms with E-state index in [9.17, 15) is 0 Å². The number of rotatable bonds is 2. The first-order chi connectivity index (χ1) is 9.38. The van der Waals surface area contributed by atoms with Crippen LogP contribution < -0.4 is 0 Å². The van der Waals surface area contributed by atoms with Crippen LogP contribution >= 0.6 is 11.3 Å². The van der Waals surface area contributed by atoms with Crippen LogP contribution in [0.2, 0.25) is 0 Å². The average molecular weight is 273 g/mol. The van der Waals surface area contributed by atoms with Crippen molar-refractivity contribution >= 4 is 11.3 Å². The fourth-order valence-electron chi connectivity index (χ4n) is 2.59. The van der Waals surface area contributed by atoms with Gasteiger partial charge in [0.25, 0.3) is 5.89 Å². The molecule has 5 heteroatoms. The fourth-order valence-corrected chi connectivity index (χ4v) is 3.36. The fraction of sp³-hybridized carbons (Fsp3) is 0.500. The molecule has 0 saturated heterocycles. The molecule has 19 heavy (non-hydrogen) atoms. The predicted octanol–water partition coefficient (Wildman–Crippen LogP) is 4.11. The van der Waals surface area contributed by atoms with Crippen molar-refractivity contribution in [2.45, 2.75) is 44.4 Å². The quantitative estimate of drug-likeness (QED) is 0.772. The standard InChI is InChI=1S/C14H15N3OS/c15-9-11-7-8-19-12(11)14-16-13(17-18-14)10-5-3-1-2-4-6-10/h7-8,10H,1-6H2. The van der Waals surface area contributed by atoms with Crippen LogP contribution in [-0.2, 0) is 0 Å². The van der Waals surface area contributed by atoms with E-state index >= 15 is 0 Å². The first-order valence-electron chi connectivity index (χ1n) is 6.70. The second-order valence-electron chi connectivity index (χ2n) is 4.92. The molecule has 0 spiro atoms. The number of thiophene rings is 1. The molecule has 1 fully saturated rings. The molecule has 4 nitrogen and oxygen atoms in total. The Bertz CT molecular complexity index is 588. The smallest absolute Gasteiger partial charge is 0.269 e. The Balaban J connectivity index is 1.85. The minimum atomic E-state index is 0.422. The van der Waals surface area contributed by atoms with E-state index in [1.165, 1.54) is 37.0 Å².